The number of aliphatic carboxylic acids is 1. The molecule has 0 aliphatic heterocycles. The number of rotatable bonds is 14. The molecule has 17 nitrogen and oxygen atoms in total. The van der Waals surface area contributed by atoms with Crippen molar-refractivity contribution in [2.75, 3.05) is 43.6 Å². The molecular formula is C31H35N7O10S. The number of aromatic nitrogens is 4. The molecule has 2 aromatic heterocycles. The van der Waals surface area contributed by atoms with Gasteiger partial charge in [-0.05, 0) is 25.0 Å². The summed E-state index contributed by atoms with van der Waals surface area (Å²) in [5.41, 5.74) is 2.51. The molecule has 0 atom stereocenters. The highest BCUT2D eigenvalue weighted by molar-refractivity contribution is 7.90. The maximum Gasteiger partial charge on any atom is 0.414 e. The predicted molar refractivity (Wildman–Crippen MR) is 176 cm³/mol. The number of hydrogen-bond donors (Lipinski definition) is 4. The van der Waals surface area contributed by atoms with Crippen molar-refractivity contribution in [2.45, 2.75) is 26.5 Å². The number of nitrogens with zero attached hydrogens (tertiary/aromatic N) is 4. The first-order valence-electron chi connectivity index (χ1n) is 14.8. The second-order valence-electron chi connectivity index (χ2n) is 11.1. The number of carboxylic acid groups (broad SMARTS) is 1. The first-order chi connectivity index (χ1) is 23.2. The minimum Gasteiger partial charge on any atom is -0.480 e. The van der Waals surface area contributed by atoms with Crippen LogP contribution in [0.3, 0.4) is 0 Å². The molecule has 2 heterocycles. The van der Waals surface area contributed by atoms with Crippen molar-refractivity contribution >= 4 is 51.0 Å². The molecule has 0 bridgehead atoms. The van der Waals surface area contributed by atoms with Crippen LogP contribution < -0.4 is 16.2 Å². The number of H-pyrrole nitrogens is 1. The Morgan fingerprint density at radius 3 is 2.18 bits per heavy atom. The lowest BCUT2D eigenvalue weighted by molar-refractivity contribution is -0.144. The molecule has 18 heteroatoms. The van der Waals surface area contributed by atoms with Gasteiger partial charge in [-0.2, -0.15) is 4.98 Å². The van der Waals surface area contributed by atoms with Crippen molar-refractivity contribution in [1.29, 1.82) is 0 Å². The molecule has 0 saturated heterocycles. The van der Waals surface area contributed by atoms with E-state index in [0.29, 0.717) is 0 Å². The van der Waals surface area contributed by atoms with Crippen molar-refractivity contribution in [3.05, 3.63) is 87.5 Å². The summed E-state index contributed by atoms with van der Waals surface area (Å²) in [7, 11) is -3.38. The number of benzene rings is 2. The Hall–Kier alpha value is -5.78. The number of anilines is 1. The molecule has 0 spiro atoms. The molecule has 0 radical (unpaired) electrons. The van der Waals surface area contributed by atoms with Crippen LogP contribution in [0.25, 0.3) is 11.2 Å². The Morgan fingerprint density at radius 1 is 1.00 bits per heavy atom. The summed E-state index contributed by atoms with van der Waals surface area (Å²) in [6.07, 6.45) is -0.480. The zero-order valence-electron chi connectivity index (χ0n) is 26.8. The van der Waals surface area contributed by atoms with Crippen LogP contribution in [0.1, 0.15) is 28.4 Å². The largest absolute Gasteiger partial charge is 0.480 e. The number of sulfone groups is 1. The fraction of sp³-hybridized carbons (Fsp3) is 0.323. The summed E-state index contributed by atoms with van der Waals surface area (Å²) in [5.74, 6) is -2.79. The molecule has 4 rings (SSSR count). The molecule has 49 heavy (non-hydrogen) atoms. The number of carbonyl (C=O) groups excluding carboxylic acids is 3. The quantitative estimate of drug-likeness (QED) is 0.148. The Labute approximate surface area is 280 Å². The summed E-state index contributed by atoms with van der Waals surface area (Å²) in [6.45, 7) is 1.90. The average molecular weight is 698 g/mol. The molecule has 4 N–H and O–H groups in total. The third-order valence-corrected chi connectivity index (χ3v) is 7.91. The SMILES string of the molecule is Cc1ccc(C(OC(=O)NCCN(CC(=O)O)C(=O)Cn2cnc3c(=O)[nH]c(NC(=O)OCCS(C)(=O)=O)nc32)c2ccc(C)cc2)cc1. The maximum absolute atomic E-state index is 13.2. The molecular weight excluding hydrogens is 662 g/mol. The van der Waals surface area contributed by atoms with E-state index in [0.717, 1.165) is 39.7 Å². The highest BCUT2D eigenvalue weighted by Crippen LogP contribution is 2.27. The Bertz CT molecular complexity index is 1950. The van der Waals surface area contributed by atoms with Crippen molar-refractivity contribution in [3.8, 4) is 0 Å². The number of aryl methyl sites for hydroxylation is 2. The van der Waals surface area contributed by atoms with Crippen LogP contribution in [0.2, 0.25) is 0 Å². The number of alkyl carbamates (subject to hydrolysis) is 1. The lowest BCUT2D eigenvalue weighted by atomic mass is 9.99. The van der Waals surface area contributed by atoms with E-state index in [-0.39, 0.29) is 30.2 Å². The van der Waals surface area contributed by atoms with Gasteiger partial charge in [-0.25, -0.2) is 23.0 Å². The van der Waals surface area contributed by atoms with E-state index in [1.165, 1.54) is 4.57 Å². The number of carboxylic acids is 1. The lowest BCUT2D eigenvalue weighted by Crippen LogP contribution is -2.43. The summed E-state index contributed by atoms with van der Waals surface area (Å²) >= 11 is 0. The van der Waals surface area contributed by atoms with Crippen LogP contribution in [0.4, 0.5) is 15.5 Å². The normalized spacial score (nSPS) is 11.3. The number of amides is 3. The van der Waals surface area contributed by atoms with Crippen molar-refractivity contribution in [1.82, 2.24) is 29.7 Å². The zero-order chi connectivity index (χ0) is 35.7. The first kappa shape index (κ1) is 36.1. The molecule has 260 valence electrons. The second kappa shape index (κ2) is 15.9. The molecule has 0 aliphatic rings. The van der Waals surface area contributed by atoms with E-state index in [2.05, 4.69) is 25.6 Å². The van der Waals surface area contributed by atoms with Crippen LogP contribution in [-0.2, 0) is 35.4 Å². The van der Waals surface area contributed by atoms with Crippen molar-refractivity contribution in [3.63, 3.8) is 0 Å². The van der Waals surface area contributed by atoms with Gasteiger partial charge in [0.05, 0.1) is 12.1 Å². The third kappa shape index (κ3) is 10.6. The number of carbonyl (C=O) groups is 4. The van der Waals surface area contributed by atoms with Crippen molar-refractivity contribution in [2.24, 2.45) is 0 Å². The molecule has 0 unspecified atom stereocenters. The fourth-order valence-corrected chi connectivity index (χ4v) is 4.89. The van der Waals surface area contributed by atoms with E-state index >= 15 is 0 Å². The molecule has 0 aliphatic carbocycles. The highest BCUT2D eigenvalue weighted by atomic mass is 32.2. The van der Waals surface area contributed by atoms with E-state index in [4.69, 9.17) is 9.47 Å². The molecule has 2 aromatic carbocycles. The van der Waals surface area contributed by atoms with Gasteiger partial charge in [-0.3, -0.25) is 24.7 Å². The molecule has 0 fully saturated rings. The van der Waals surface area contributed by atoms with Crippen LogP contribution in [0.5, 0.6) is 0 Å². The second-order valence-corrected chi connectivity index (χ2v) is 13.4. The van der Waals surface area contributed by atoms with E-state index in [9.17, 15) is 37.5 Å². The first-order valence-corrected chi connectivity index (χ1v) is 16.9. The number of imidazole rings is 1. The van der Waals surface area contributed by atoms with Crippen molar-refractivity contribution < 1.29 is 42.2 Å². The Balaban J connectivity index is 1.41. The van der Waals surface area contributed by atoms with Gasteiger partial charge in [0.25, 0.3) is 5.56 Å². The smallest absolute Gasteiger partial charge is 0.414 e. The number of hydrogen-bond acceptors (Lipinski definition) is 11. The highest BCUT2D eigenvalue weighted by Gasteiger charge is 2.22. The maximum atomic E-state index is 13.2. The lowest BCUT2D eigenvalue weighted by Gasteiger charge is -2.22. The number of ether oxygens (including phenoxy) is 2. The number of aromatic amines is 1. The van der Waals surface area contributed by atoms with Crippen LogP contribution in [-0.4, -0.2) is 100 Å². The predicted octanol–water partition coefficient (Wildman–Crippen LogP) is 1.76. The van der Waals surface area contributed by atoms with Crippen LogP contribution in [0.15, 0.2) is 59.7 Å². The van der Waals surface area contributed by atoms with Gasteiger partial charge in [-0.15, -0.1) is 0 Å². The molecule has 0 saturated carbocycles. The standard InChI is InChI=1S/C31H35N7O10S/c1-19-4-8-21(9-5-19)26(22-10-6-20(2)7-11-22)48-30(43)32-12-13-37(17-24(40)41)23(39)16-38-18-33-25-27(38)34-29(35-28(25)42)36-31(44)47-14-15-49(3,45)46/h4-11,18,26H,12-17H2,1-3H3,(H,32,43)(H,40,41)(H2,34,35,36,42,44). The topological polar surface area (TPSA) is 232 Å². The van der Waals surface area contributed by atoms with E-state index < -0.39 is 71.0 Å². The minimum atomic E-state index is -3.38. The average Bonchev–Trinajstić information content (AvgIpc) is 3.42. The summed E-state index contributed by atoms with van der Waals surface area (Å²) in [6, 6.07) is 15.0. The molecule has 3 amide bonds. The van der Waals surface area contributed by atoms with Gasteiger partial charge >= 0.3 is 18.2 Å². The van der Waals surface area contributed by atoms with E-state index in [1.807, 2.05) is 62.4 Å². The minimum absolute atomic E-state index is 0.112. The summed E-state index contributed by atoms with van der Waals surface area (Å²) in [5, 5.41) is 14.2. The Kier molecular flexibility index (Phi) is 11.7. The van der Waals surface area contributed by atoms with Crippen LogP contribution in [0, 0.1) is 13.8 Å². The monoisotopic (exact) mass is 697 g/mol. The number of nitrogens with one attached hydrogen (secondary N) is 3. The zero-order valence-corrected chi connectivity index (χ0v) is 27.7. The van der Waals surface area contributed by atoms with Gasteiger partial charge in [0.15, 0.2) is 27.1 Å². The summed E-state index contributed by atoms with van der Waals surface area (Å²) in [4.78, 5) is 73.6. The Morgan fingerprint density at radius 2 is 1.61 bits per heavy atom. The van der Waals surface area contributed by atoms with Gasteiger partial charge in [0.1, 0.15) is 19.7 Å². The fourth-order valence-electron chi connectivity index (χ4n) is 4.50. The third-order valence-electron chi connectivity index (χ3n) is 7.00. The van der Waals surface area contributed by atoms with Crippen LogP contribution >= 0.6 is 0 Å². The van der Waals surface area contributed by atoms with Gasteiger partial charge in [0, 0.05) is 19.3 Å². The van der Waals surface area contributed by atoms with Gasteiger partial charge in [-0.1, -0.05) is 59.7 Å². The van der Waals surface area contributed by atoms with Gasteiger partial charge < -0.3 is 29.4 Å². The molecule has 4 aromatic rings. The van der Waals surface area contributed by atoms with E-state index in [1.54, 1.807) is 0 Å². The number of fused-ring (bicyclic) bond motifs is 1. The van der Waals surface area contributed by atoms with Gasteiger partial charge in [0.2, 0.25) is 11.9 Å². The summed E-state index contributed by atoms with van der Waals surface area (Å²) < 4.78 is 34.2.